The Bertz CT molecular complexity index is 1400. The summed E-state index contributed by atoms with van der Waals surface area (Å²) in [5.74, 6) is -2.77. The normalized spacial score (nSPS) is 13.4. The van der Waals surface area contributed by atoms with E-state index >= 15 is 0 Å². The van der Waals surface area contributed by atoms with Gasteiger partial charge in [-0.05, 0) is 35.6 Å². The monoisotopic (exact) mass is 553 g/mol. The zero-order chi connectivity index (χ0) is 26.9. The molecule has 1 aliphatic heterocycles. The number of halogens is 4. The van der Waals surface area contributed by atoms with Crippen LogP contribution in [-0.4, -0.2) is 52.4 Å². The van der Waals surface area contributed by atoms with Crippen molar-refractivity contribution in [1.82, 2.24) is 20.2 Å². The van der Waals surface area contributed by atoms with E-state index in [2.05, 4.69) is 31.2 Å². The third kappa shape index (κ3) is 5.75. The third-order valence-electron chi connectivity index (χ3n) is 5.26. The standard InChI is InChI=1S/C22H19ClF3N7O3S/c1-10-9-37-17(19(35)27-2)16(10)31-18-13(23)6-28-21(32-18)29-12-4-3-11-7-33(20(36)22(24,25)26)8-15(34)30-14(11)5-12/h3-6,9H,7-8H2,1-2H3,(H,27,35)(H,30,34)(H2,28,29,31,32). The van der Waals surface area contributed by atoms with Gasteiger partial charge >= 0.3 is 12.1 Å². The SMILES string of the molecule is CNC(=O)c1scc(C)c1Nc1nc(Nc2ccc3c(c2)NC(=O)CN(C(=O)C(F)(F)F)C3)ncc1Cl. The Hall–Kier alpha value is -3.91. The predicted octanol–water partition coefficient (Wildman–Crippen LogP) is 4.19. The number of carbonyl (C=O) groups is 3. The van der Waals surface area contributed by atoms with Crippen LogP contribution in [-0.2, 0) is 16.1 Å². The zero-order valence-electron chi connectivity index (χ0n) is 19.3. The molecule has 3 amide bonds. The number of aromatic nitrogens is 2. The molecular formula is C22H19ClF3N7O3S. The van der Waals surface area contributed by atoms with Crippen molar-refractivity contribution in [1.29, 1.82) is 0 Å². The van der Waals surface area contributed by atoms with Gasteiger partial charge in [-0.2, -0.15) is 18.2 Å². The molecule has 0 radical (unpaired) electrons. The van der Waals surface area contributed by atoms with Crippen LogP contribution in [0, 0.1) is 6.92 Å². The quantitative estimate of drug-likeness (QED) is 0.373. The van der Waals surface area contributed by atoms with Gasteiger partial charge in [-0.3, -0.25) is 14.4 Å². The van der Waals surface area contributed by atoms with Crippen molar-refractivity contribution in [2.24, 2.45) is 0 Å². The highest BCUT2D eigenvalue weighted by molar-refractivity contribution is 7.12. The minimum atomic E-state index is -5.09. The summed E-state index contributed by atoms with van der Waals surface area (Å²) in [5, 5.41) is 13.1. The first-order chi connectivity index (χ1) is 17.5. The molecule has 0 aliphatic carbocycles. The Morgan fingerprint density at radius 3 is 2.68 bits per heavy atom. The van der Waals surface area contributed by atoms with Crippen LogP contribution in [0.3, 0.4) is 0 Å². The van der Waals surface area contributed by atoms with E-state index in [1.165, 1.54) is 36.7 Å². The first-order valence-corrected chi connectivity index (χ1v) is 11.9. The number of alkyl halides is 3. The topological polar surface area (TPSA) is 128 Å². The molecule has 0 bridgehead atoms. The molecule has 4 rings (SSSR count). The first kappa shape index (κ1) is 26.2. The van der Waals surface area contributed by atoms with E-state index < -0.39 is 31.1 Å². The van der Waals surface area contributed by atoms with Crippen molar-refractivity contribution >= 4 is 69.5 Å². The summed E-state index contributed by atoms with van der Waals surface area (Å²) in [6.45, 7) is 0.698. The molecule has 2 aromatic heterocycles. The Kier molecular flexibility index (Phi) is 7.23. The highest BCUT2D eigenvalue weighted by Gasteiger charge is 2.43. The molecule has 0 fully saturated rings. The number of nitrogens with one attached hydrogen (secondary N) is 4. The summed E-state index contributed by atoms with van der Waals surface area (Å²) < 4.78 is 38.6. The third-order valence-corrected chi connectivity index (χ3v) is 6.63. The lowest BCUT2D eigenvalue weighted by Crippen LogP contribution is -2.43. The highest BCUT2D eigenvalue weighted by atomic mass is 35.5. The maximum atomic E-state index is 12.9. The molecule has 0 atom stereocenters. The molecule has 0 saturated heterocycles. The van der Waals surface area contributed by atoms with Gasteiger partial charge in [-0.1, -0.05) is 17.7 Å². The van der Waals surface area contributed by atoms with Crippen molar-refractivity contribution in [2.75, 3.05) is 29.5 Å². The number of aryl methyl sites for hydroxylation is 1. The van der Waals surface area contributed by atoms with E-state index in [1.807, 2.05) is 12.3 Å². The van der Waals surface area contributed by atoms with Crippen LogP contribution in [0.4, 0.5) is 42.0 Å². The molecule has 3 heterocycles. The van der Waals surface area contributed by atoms with Crippen LogP contribution in [0.15, 0.2) is 29.8 Å². The second-order valence-electron chi connectivity index (χ2n) is 7.92. The van der Waals surface area contributed by atoms with E-state index in [1.54, 1.807) is 6.07 Å². The van der Waals surface area contributed by atoms with Gasteiger partial charge in [-0.15, -0.1) is 11.3 Å². The second-order valence-corrected chi connectivity index (χ2v) is 9.21. The Balaban J connectivity index is 1.57. The number of hydrogen-bond acceptors (Lipinski definition) is 8. The molecule has 194 valence electrons. The maximum Gasteiger partial charge on any atom is 0.471 e. The van der Waals surface area contributed by atoms with Crippen LogP contribution >= 0.6 is 22.9 Å². The van der Waals surface area contributed by atoms with Crippen LogP contribution in [0.25, 0.3) is 0 Å². The molecule has 4 N–H and O–H groups in total. The van der Waals surface area contributed by atoms with Crippen LogP contribution in [0.2, 0.25) is 5.02 Å². The number of amides is 3. The number of anilines is 5. The lowest BCUT2D eigenvalue weighted by atomic mass is 10.1. The summed E-state index contributed by atoms with van der Waals surface area (Å²) >= 11 is 7.52. The summed E-state index contributed by atoms with van der Waals surface area (Å²) in [6.07, 6.45) is -3.74. The molecule has 3 aromatic rings. The van der Waals surface area contributed by atoms with Gasteiger partial charge in [0.05, 0.1) is 11.9 Å². The largest absolute Gasteiger partial charge is 0.471 e. The number of hydrogen-bond donors (Lipinski definition) is 4. The molecule has 1 aromatic carbocycles. The fraction of sp³-hybridized carbons (Fsp3) is 0.227. The van der Waals surface area contributed by atoms with Gasteiger partial charge in [0.15, 0.2) is 5.82 Å². The van der Waals surface area contributed by atoms with Gasteiger partial charge in [0.2, 0.25) is 11.9 Å². The average Bonchev–Trinajstić information content (AvgIpc) is 3.10. The molecule has 0 spiro atoms. The van der Waals surface area contributed by atoms with E-state index in [4.69, 9.17) is 11.6 Å². The molecule has 0 saturated carbocycles. The van der Waals surface area contributed by atoms with Crippen molar-refractivity contribution in [3.05, 3.63) is 50.8 Å². The maximum absolute atomic E-state index is 12.9. The summed E-state index contributed by atoms with van der Waals surface area (Å²) in [6, 6.07) is 4.52. The fourth-order valence-electron chi connectivity index (χ4n) is 3.50. The summed E-state index contributed by atoms with van der Waals surface area (Å²) in [4.78, 5) is 45.4. The molecule has 10 nitrogen and oxygen atoms in total. The summed E-state index contributed by atoms with van der Waals surface area (Å²) in [5.41, 5.74) is 2.33. The molecule has 37 heavy (non-hydrogen) atoms. The lowest BCUT2D eigenvalue weighted by molar-refractivity contribution is -0.186. The minimum absolute atomic E-state index is 0.120. The highest BCUT2D eigenvalue weighted by Crippen LogP contribution is 2.33. The summed E-state index contributed by atoms with van der Waals surface area (Å²) in [7, 11) is 1.52. The fourth-order valence-corrected chi connectivity index (χ4v) is 4.59. The van der Waals surface area contributed by atoms with Crippen LogP contribution in [0.1, 0.15) is 20.8 Å². The van der Waals surface area contributed by atoms with Gasteiger partial charge in [0.25, 0.3) is 5.91 Å². The van der Waals surface area contributed by atoms with E-state index in [-0.39, 0.29) is 28.4 Å². The van der Waals surface area contributed by atoms with Gasteiger partial charge in [0, 0.05) is 25.0 Å². The van der Waals surface area contributed by atoms with Crippen molar-refractivity contribution in [2.45, 2.75) is 19.6 Å². The minimum Gasteiger partial charge on any atom is -0.354 e. The van der Waals surface area contributed by atoms with E-state index in [0.29, 0.717) is 26.7 Å². The number of benzene rings is 1. The Morgan fingerprint density at radius 1 is 1.22 bits per heavy atom. The molecule has 15 heteroatoms. The van der Waals surface area contributed by atoms with E-state index in [9.17, 15) is 27.6 Å². The van der Waals surface area contributed by atoms with Crippen molar-refractivity contribution in [3.63, 3.8) is 0 Å². The Labute approximate surface area is 217 Å². The average molecular weight is 554 g/mol. The number of fused-ring (bicyclic) bond motifs is 1. The van der Waals surface area contributed by atoms with E-state index in [0.717, 1.165) is 5.56 Å². The van der Waals surface area contributed by atoms with Crippen LogP contribution in [0.5, 0.6) is 0 Å². The smallest absolute Gasteiger partial charge is 0.354 e. The van der Waals surface area contributed by atoms with Crippen molar-refractivity contribution < 1.29 is 27.6 Å². The first-order valence-electron chi connectivity index (χ1n) is 10.6. The number of nitrogens with zero attached hydrogens (tertiary/aromatic N) is 3. The van der Waals surface area contributed by atoms with Gasteiger partial charge in [0.1, 0.15) is 16.4 Å². The predicted molar refractivity (Wildman–Crippen MR) is 133 cm³/mol. The zero-order valence-corrected chi connectivity index (χ0v) is 20.9. The Morgan fingerprint density at radius 2 is 1.97 bits per heavy atom. The van der Waals surface area contributed by atoms with Crippen molar-refractivity contribution in [3.8, 4) is 0 Å². The number of rotatable bonds is 5. The van der Waals surface area contributed by atoms with Gasteiger partial charge < -0.3 is 26.2 Å². The molecule has 1 aliphatic rings. The number of carbonyl (C=O) groups excluding carboxylic acids is 3. The molecule has 0 unspecified atom stereocenters. The second kappa shape index (κ2) is 10.2. The van der Waals surface area contributed by atoms with Crippen LogP contribution < -0.4 is 21.3 Å². The van der Waals surface area contributed by atoms with Gasteiger partial charge in [-0.25, -0.2) is 4.98 Å². The molecular weight excluding hydrogens is 535 g/mol. The lowest BCUT2D eigenvalue weighted by Gasteiger charge is -2.20. The number of thiophene rings is 1.